The number of nitrogens with one attached hydrogen (secondary N) is 1. The van der Waals surface area contributed by atoms with E-state index in [0.29, 0.717) is 0 Å². The molecule has 0 bridgehead atoms. The van der Waals surface area contributed by atoms with Crippen LogP contribution in [0.4, 0.5) is 5.00 Å². The van der Waals surface area contributed by atoms with Crippen LogP contribution in [0.25, 0.3) is 0 Å². The summed E-state index contributed by atoms with van der Waals surface area (Å²) >= 11 is 3.56. The molecule has 1 saturated carbocycles. The molecule has 3 nitrogen and oxygen atoms in total. The molecule has 1 aromatic rings. The van der Waals surface area contributed by atoms with Gasteiger partial charge in [-0.3, -0.25) is 0 Å². The van der Waals surface area contributed by atoms with Gasteiger partial charge < -0.3 is 5.32 Å². The Labute approximate surface area is 118 Å². The SMILES string of the molecule is CCCNc1snnc1CSC1CCCC(C)C1. The second-order valence-corrected chi connectivity index (χ2v) is 7.22. The van der Waals surface area contributed by atoms with E-state index in [1.165, 1.54) is 42.2 Å². The summed E-state index contributed by atoms with van der Waals surface area (Å²) in [5, 5.41) is 9.68. The third kappa shape index (κ3) is 4.12. The molecule has 0 saturated heterocycles. The first-order valence-electron chi connectivity index (χ1n) is 6.96. The quantitative estimate of drug-likeness (QED) is 0.851. The Balaban J connectivity index is 1.80. The molecule has 2 unspecified atom stereocenters. The minimum absolute atomic E-state index is 0.828. The molecule has 1 fully saturated rings. The molecule has 1 aliphatic rings. The summed E-state index contributed by atoms with van der Waals surface area (Å²) in [6.45, 7) is 5.58. The minimum Gasteiger partial charge on any atom is -0.374 e. The van der Waals surface area contributed by atoms with Crippen LogP contribution < -0.4 is 5.32 Å². The van der Waals surface area contributed by atoms with Crippen molar-refractivity contribution in [2.24, 2.45) is 5.92 Å². The molecular weight excluding hydrogens is 262 g/mol. The first-order valence-corrected chi connectivity index (χ1v) is 8.78. The van der Waals surface area contributed by atoms with Crippen LogP contribution in [0, 0.1) is 5.92 Å². The van der Waals surface area contributed by atoms with Crippen molar-refractivity contribution in [3.05, 3.63) is 5.69 Å². The third-order valence-electron chi connectivity index (χ3n) is 3.44. The average molecular weight is 285 g/mol. The van der Waals surface area contributed by atoms with Gasteiger partial charge in [0, 0.05) is 29.1 Å². The van der Waals surface area contributed by atoms with E-state index < -0.39 is 0 Å². The zero-order chi connectivity index (χ0) is 12.8. The van der Waals surface area contributed by atoms with Crippen molar-refractivity contribution < 1.29 is 0 Å². The van der Waals surface area contributed by atoms with Gasteiger partial charge in [0.2, 0.25) is 0 Å². The Morgan fingerprint density at radius 3 is 3.11 bits per heavy atom. The Kier molecular flexibility index (Phi) is 5.76. The maximum absolute atomic E-state index is 4.26. The van der Waals surface area contributed by atoms with Crippen LogP contribution in [0.3, 0.4) is 0 Å². The summed E-state index contributed by atoms with van der Waals surface area (Å²) in [7, 11) is 0. The van der Waals surface area contributed by atoms with E-state index in [1.807, 2.05) is 0 Å². The minimum atomic E-state index is 0.828. The lowest BCUT2D eigenvalue weighted by Crippen LogP contribution is -2.15. The van der Waals surface area contributed by atoms with Crippen molar-refractivity contribution in [3.8, 4) is 0 Å². The molecular formula is C13H23N3S2. The molecule has 18 heavy (non-hydrogen) atoms. The maximum Gasteiger partial charge on any atom is 0.134 e. The van der Waals surface area contributed by atoms with E-state index in [9.17, 15) is 0 Å². The van der Waals surface area contributed by atoms with Gasteiger partial charge in [0.15, 0.2) is 0 Å². The normalized spacial score (nSPS) is 24.1. The summed E-state index contributed by atoms with van der Waals surface area (Å²) in [6, 6.07) is 0. The molecule has 102 valence electrons. The van der Waals surface area contributed by atoms with Crippen molar-refractivity contribution in [2.45, 2.75) is 57.0 Å². The molecule has 0 spiro atoms. The zero-order valence-corrected chi connectivity index (χ0v) is 12.9. The molecule has 1 aliphatic carbocycles. The van der Waals surface area contributed by atoms with E-state index in [-0.39, 0.29) is 0 Å². The second-order valence-electron chi connectivity index (χ2n) is 5.18. The molecule has 2 atom stereocenters. The van der Waals surface area contributed by atoms with Gasteiger partial charge in [0.25, 0.3) is 0 Å². The Morgan fingerprint density at radius 2 is 2.33 bits per heavy atom. The maximum atomic E-state index is 4.26. The molecule has 5 heteroatoms. The van der Waals surface area contributed by atoms with Gasteiger partial charge in [-0.2, -0.15) is 11.8 Å². The van der Waals surface area contributed by atoms with Crippen molar-refractivity contribution >= 4 is 28.3 Å². The highest BCUT2D eigenvalue weighted by Gasteiger charge is 2.20. The Hall–Kier alpha value is -0.290. The summed E-state index contributed by atoms with van der Waals surface area (Å²) in [5.74, 6) is 1.92. The van der Waals surface area contributed by atoms with Crippen LogP contribution in [-0.4, -0.2) is 21.4 Å². The van der Waals surface area contributed by atoms with Gasteiger partial charge in [-0.15, -0.1) is 5.10 Å². The van der Waals surface area contributed by atoms with Gasteiger partial charge in [-0.05, 0) is 25.2 Å². The van der Waals surface area contributed by atoms with Crippen LogP contribution in [0.5, 0.6) is 0 Å². The number of hydrogen-bond acceptors (Lipinski definition) is 5. The zero-order valence-electron chi connectivity index (χ0n) is 11.3. The molecule has 0 aromatic carbocycles. The van der Waals surface area contributed by atoms with Crippen LogP contribution in [0.2, 0.25) is 0 Å². The number of aromatic nitrogens is 2. The molecule has 0 radical (unpaired) electrons. The highest BCUT2D eigenvalue weighted by Crippen LogP contribution is 2.34. The first kappa shape index (κ1) is 14.1. The monoisotopic (exact) mass is 285 g/mol. The fourth-order valence-electron chi connectivity index (χ4n) is 2.40. The number of rotatable bonds is 6. The molecule has 0 aliphatic heterocycles. The number of thioether (sulfide) groups is 1. The highest BCUT2D eigenvalue weighted by molar-refractivity contribution is 7.99. The molecule has 1 N–H and O–H groups in total. The topological polar surface area (TPSA) is 37.8 Å². The summed E-state index contributed by atoms with van der Waals surface area (Å²) < 4.78 is 4.07. The summed E-state index contributed by atoms with van der Waals surface area (Å²) in [6.07, 6.45) is 6.71. The number of nitrogens with zero attached hydrogens (tertiary/aromatic N) is 2. The van der Waals surface area contributed by atoms with Gasteiger partial charge in [-0.25, -0.2) is 0 Å². The fraction of sp³-hybridized carbons (Fsp3) is 0.846. The van der Waals surface area contributed by atoms with Crippen LogP contribution in [0.15, 0.2) is 0 Å². The predicted molar refractivity (Wildman–Crippen MR) is 81.4 cm³/mol. The standard InChI is InChI=1S/C13H23N3S2/c1-3-7-14-13-12(15-16-18-13)9-17-11-6-4-5-10(2)8-11/h10-11,14H,3-9H2,1-2H3. The van der Waals surface area contributed by atoms with Crippen LogP contribution >= 0.6 is 23.3 Å². The second kappa shape index (κ2) is 7.34. The first-order chi connectivity index (χ1) is 8.79. The molecule has 0 amide bonds. The lowest BCUT2D eigenvalue weighted by Gasteiger charge is -2.25. The lowest BCUT2D eigenvalue weighted by molar-refractivity contribution is 0.394. The summed E-state index contributed by atoms with van der Waals surface area (Å²) in [5.41, 5.74) is 1.15. The van der Waals surface area contributed by atoms with E-state index in [0.717, 1.165) is 35.6 Å². The van der Waals surface area contributed by atoms with Gasteiger partial charge in [0.05, 0.1) is 0 Å². The van der Waals surface area contributed by atoms with Crippen LogP contribution in [0.1, 0.15) is 51.6 Å². The van der Waals surface area contributed by atoms with Gasteiger partial charge in [0.1, 0.15) is 10.7 Å². The smallest absolute Gasteiger partial charge is 0.134 e. The van der Waals surface area contributed by atoms with E-state index in [2.05, 4.69) is 40.5 Å². The Morgan fingerprint density at radius 1 is 1.44 bits per heavy atom. The van der Waals surface area contributed by atoms with E-state index in [4.69, 9.17) is 0 Å². The lowest BCUT2D eigenvalue weighted by atomic mass is 9.91. The van der Waals surface area contributed by atoms with Crippen molar-refractivity contribution in [1.29, 1.82) is 0 Å². The largest absolute Gasteiger partial charge is 0.374 e. The number of hydrogen-bond donors (Lipinski definition) is 1. The predicted octanol–water partition coefficient (Wildman–Crippen LogP) is 4.17. The molecule has 1 aromatic heterocycles. The van der Waals surface area contributed by atoms with Gasteiger partial charge >= 0.3 is 0 Å². The fourth-order valence-corrected chi connectivity index (χ4v) is 4.49. The highest BCUT2D eigenvalue weighted by atomic mass is 32.2. The molecule has 1 heterocycles. The molecule has 2 rings (SSSR count). The van der Waals surface area contributed by atoms with Gasteiger partial charge in [-0.1, -0.05) is 31.2 Å². The van der Waals surface area contributed by atoms with Crippen molar-refractivity contribution in [3.63, 3.8) is 0 Å². The van der Waals surface area contributed by atoms with Crippen molar-refractivity contribution in [2.75, 3.05) is 11.9 Å². The van der Waals surface area contributed by atoms with E-state index >= 15 is 0 Å². The van der Waals surface area contributed by atoms with E-state index in [1.54, 1.807) is 0 Å². The average Bonchev–Trinajstić information content (AvgIpc) is 2.81. The number of anilines is 1. The Bertz CT molecular complexity index is 354. The van der Waals surface area contributed by atoms with Crippen LogP contribution in [-0.2, 0) is 5.75 Å². The van der Waals surface area contributed by atoms with Crippen molar-refractivity contribution in [1.82, 2.24) is 9.59 Å². The summed E-state index contributed by atoms with van der Waals surface area (Å²) in [4.78, 5) is 0. The third-order valence-corrected chi connectivity index (χ3v) is 5.50.